The Kier molecular flexibility index (Phi) is 5.02. The van der Waals surface area contributed by atoms with Crippen molar-refractivity contribution in [1.29, 1.82) is 0 Å². The summed E-state index contributed by atoms with van der Waals surface area (Å²) in [7, 11) is 0. The largest absolute Gasteiger partial charge is 0.382 e. The number of aryl methyl sites for hydroxylation is 1. The number of anilines is 1. The van der Waals surface area contributed by atoms with Crippen LogP contribution in [0.1, 0.15) is 30.9 Å². The zero-order chi connectivity index (χ0) is 14.5. The maximum atomic E-state index is 6.16. The zero-order valence-corrected chi connectivity index (χ0v) is 13.0. The normalized spacial score (nSPS) is 12.4. The second-order valence-corrected chi connectivity index (χ2v) is 5.79. The van der Waals surface area contributed by atoms with Crippen molar-refractivity contribution in [2.75, 3.05) is 11.9 Å². The van der Waals surface area contributed by atoms with Crippen molar-refractivity contribution in [3.63, 3.8) is 0 Å². The van der Waals surface area contributed by atoms with E-state index in [0.29, 0.717) is 17.0 Å². The summed E-state index contributed by atoms with van der Waals surface area (Å²) in [6.45, 7) is 7.39. The first kappa shape index (κ1) is 14.9. The molecule has 0 aliphatic rings. The van der Waals surface area contributed by atoms with E-state index in [1.807, 2.05) is 13.0 Å². The summed E-state index contributed by atoms with van der Waals surface area (Å²) in [5, 5.41) is 4.01. The number of nitrogens with zero attached hydrogens (tertiary/aromatic N) is 1. The van der Waals surface area contributed by atoms with Crippen molar-refractivity contribution in [3.05, 3.63) is 58.9 Å². The Morgan fingerprint density at radius 3 is 2.45 bits per heavy atom. The highest BCUT2D eigenvalue weighted by molar-refractivity contribution is 6.32. The van der Waals surface area contributed by atoms with Gasteiger partial charge in [0, 0.05) is 18.7 Å². The lowest BCUT2D eigenvalue weighted by molar-refractivity contribution is 0.517. The molecule has 2 rings (SSSR count). The van der Waals surface area contributed by atoms with Gasteiger partial charge in [-0.2, -0.15) is 0 Å². The Morgan fingerprint density at radius 1 is 1.15 bits per heavy atom. The maximum absolute atomic E-state index is 6.16. The first-order valence-corrected chi connectivity index (χ1v) is 7.37. The fourth-order valence-electron chi connectivity index (χ4n) is 2.39. The molecule has 0 aliphatic carbocycles. The fourth-order valence-corrected chi connectivity index (χ4v) is 2.66. The minimum Gasteiger partial charge on any atom is -0.382 e. The maximum Gasteiger partial charge on any atom is 0.152 e. The van der Waals surface area contributed by atoms with Gasteiger partial charge in [0.05, 0.1) is 5.69 Å². The van der Waals surface area contributed by atoms with Gasteiger partial charge in [0.1, 0.15) is 0 Å². The van der Waals surface area contributed by atoms with E-state index in [-0.39, 0.29) is 0 Å². The first-order chi connectivity index (χ1) is 9.59. The highest BCUT2D eigenvalue weighted by atomic mass is 35.5. The molecule has 2 nitrogen and oxygen atoms in total. The van der Waals surface area contributed by atoms with Gasteiger partial charge < -0.3 is 5.32 Å². The van der Waals surface area contributed by atoms with E-state index in [0.717, 1.165) is 17.8 Å². The van der Waals surface area contributed by atoms with Crippen molar-refractivity contribution in [2.45, 2.75) is 26.7 Å². The Hall–Kier alpha value is -1.54. The van der Waals surface area contributed by atoms with Crippen molar-refractivity contribution in [3.8, 4) is 0 Å². The summed E-state index contributed by atoms with van der Waals surface area (Å²) in [5.41, 5.74) is 3.42. The molecular formula is C17H21ClN2. The van der Waals surface area contributed by atoms with Crippen LogP contribution in [0.2, 0.25) is 5.15 Å². The molecule has 0 saturated heterocycles. The lowest BCUT2D eigenvalue weighted by Gasteiger charge is -2.23. The van der Waals surface area contributed by atoms with Gasteiger partial charge in [0.25, 0.3) is 0 Å². The molecule has 0 aliphatic heterocycles. The standard InChI is InChI=1S/C17H21ClN2/c1-12(2)15(14-7-5-4-6-8-14)11-20-16-13(3)9-10-19-17(16)18/h4-10,12,15,20H,11H2,1-3H3. The number of aromatic nitrogens is 1. The topological polar surface area (TPSA) is 24.9 Å². The molecule has 1 heterocycles. The second kappa shape index (κ2) is 6.76. The molecule has 0 amide bonds. The van der Waals surface area contributed by atoms with Gasteiger partial charge in [0.2, 0.25) is 0 Å². The van der Waals surface area contributed by atoms with Crippen molar-refractivity contribution >= 4 is 17.3 Å². The van der Waals surface area contributed by atoms with Crippen LogP contribution in [0.3, 0.4) is 0 Å². The lowest BCUT2D eigenvalue weighted by Crippen LogP contribution is -2.18. The number of pyridine rings is 1. The number of benzene rings is 1. The van der Waals surface area contributed by atoms with Crippen LogP contribution in [-0.2, 0) is 0 Å². The molecule has 0 spiro atoms. The van der Waals surface area contributed by atoms with Gasteiger partial charge in [-0.05, 0) is 30.0 Å². The van der Waals surface area contributed by atoms with Crippen LogP contribution in [0, 0.1) is 12.8 Å². The van der Waals surface area contributed by atoms with Crippen LogP contribution < -0.4 is 5.32 Å². The molecule has 20 heavy (non-hydrogen) atoms. The second-order valence-electron chi connectivity index (χ2n) is 5.44. The van der Waals surface area contributed by atoms with Crippen LogP contribution in [0.4, 0.5) is 5.69 Å². The monoisotopic (exact) mass is 288 g/mol. The molecule has 0 saturated carbocycles. The smallest absolute Gasteiger partial charge is 0.152 e. The summed E-state index contributed by atoms with van der Waals surface area (Å²) in [6.07, 6.45) is 1.74. The van der Waals surface area contributed by atoms with E-state index in [9.17, 15) is 0 Å². The Morgan fingerprint density at radius 2 is 1.85 bits per heavy atom. The Balaban J connectivity index is 2.15. The summed E-state index contributed by atoms with van der Waals surface area (Å²) in [5.74, 6) is 1.01. The molecule has 3 heteroatoms. The quantitative estimate of drug-likeness (QED) is 0.792. The first-order valence-electron chi connectivity index (χ1n) is 6.99. The van der Waals surface area contributed by atoms with Crippen LogP contribution in [0.5, 0.6) is 0 Å². The summed E-state index contributed by atoms with van der Waals surface area (Å²) in [4.78, 5) is 4.14. The molecule has 106 valence electrons. The third kappa shape index (κ3) is 3.51. The molecule has 1 aromatic carbocycles. The van der Waals surface area contributed by atoms with Crippen LogP contribution >= 0.6 is 11.6 Å². The van der Waals surface area contributed by atoms with Gasteiger partial charge in [-0.3, -0.25) is 0 Å². The van der Waals surface area contributed by atoms with Crippen LogP contribution in [0.25, 0.3) is 0 Å². The SMILES string of the molecule is Cc1ccnc(Cl)c1NCC(c1ccccc1)C(C)C. The van der Waals surface area contributed by atoms with Gasteiger partial charge in [-0.25, -0.2) is 4.98 Å². The molecule has 1 atom stereocenters. The highest BCUT2D eigenvalue weighted by Gasteiger charge is 2.16. The molecule has 1 unspecified atom stereocenters. The summed E-state index contributed by atoms with van der Waals surface area (Å²) in [6, 6.07) is 12.6. The minimum absolute atomic E-state index is 0.451. The zero-order valence-electron chi connectivity index (χ0n) is 12.2. The third-order valence-corrected chi connectivity index (χ3v) is 3.93. The van der Waals surface area contributed by atoms with Crippen molar-refractivity contribution in [1.82, 2.24) is 4.98 Å². The Bertz CT molecular complexity index is 532. The number of hydrogen-bond acceptors (Lipinski definition) is 2. The van der Waals surface area contributed by atoms with Crippen LogP contribution in [-0.4, -0.2) is 11.5 Å². The van der Waals surface area contributed by atoms with Gasteiger partial charge >= 0.3 is 0 Å². The van der Waals surface area contributed by atoms with Gasteiger partial charge in [-0.1, -0.05) is 55.8 Å². The number of halogens is 1. The van der Waals surface area contributed by atoms with Crippen LogP contribution in [0.15, 0.2) is 42.6 Å². The number of rotatable bonds is 5. The van der Waals surface area contributed by atoms with Gasteiger partial charge in [0.15, 0.2) is 5.15 Å². The predicted octanol–water partition coefficient (Wildman–Crippen LogP) is 4.90. The lowest BCUT2D eigenvalue weighted by atomic mass is 9.88. The molecule has 0 fully saturated rings. The van der Waals surface area contributed by atoms with Crippen molar-refractivity contribution < 1.29 is 0 Å². The molecule has 2 aromatic rings. The fraction of sp³-hybridized carbons (Fsp3) is 0.353. The minimum atomic E-state index is 0.451. The molecule has 0 bridgehead atoms. The third-order valence-electron chi connectivity index (χ3n) is 3.64. The van der Waals surface area contributed by atoms with E-state index in [1.54, 1.807) is 6.20 Å². The van der Waals surface area contributed by atoms with E-state index in [1.165, 1.54) is 5.56 Å². The molecular weight excluding hydrogens is 268 g/mol. The van der Waals surface area contributed by atoms with E-state index >= 15 is 0 Å². The predicted molar refractivity (Wildman–Crippen MR) is 86.5 cm³/mol. The van der Waals surface area contributed by atoms with E-state index in [2.05, 4.69) is 54.5 Å². The molecule has 1 aromatic heterocycles. The Labute approximate surface area is 126 Å². The molecule has 0 radical (unpaired) electrons. The summed E-state index contributed by atoms with van der Waals surface area (Å²) >= 11 is 6.16. The van der Waals surface area contributed by atoms with Crippen molar-refractivity contribution in [2.24, 2.45) is 5.92 Å². The van der Waals surface area contributed by atoms with Gasteiger partial charge in [-0.15, -0.1) is 0 Å². The highest BCUT2D eigenvalue weighted by Crippen LogP contribution is 2.28. The average Bonchev–Trinajstić information content (AvgIpc) is 2.43. The number of hydrogen-bond donors (Lipinski definition) is 1. The molecule has 1 N–H and O–H groups in total. The summed E-state index contributed by atoms with van der Waals surface area (Å²) < 4.78 is 0. The van der Waals surface area contributed by atoms with E-state index < -0.39 is 0 Å². The number of nitrogens with one attached hydrogen (secondary N) is 1. The average molecular weight is 289 g/mol. The van der Waals surface area contributed by atoms with E-state index in [4.69, 9.17) is 11.6 Å².